The van der Waals surface area contributed by atoms with Gasteiger partial charge in [-0.05, 0) is 12.8 Å². The standard InChI is InChI=1S/C10H16N4O2/c1-7-13-14-10(16-7)12-9(15)11-8-5-3-2-4-6-8/h8H,2-6H2,1H3,(H2,11,12,14,15). The molecule has 0 bridgehead atoms. The smallest absolute Gasteiger partial charge is 0.323 e. The summed E-state index contributed by atoms with van der Waals surface area (Å²) < 4.78 is 5.05. The molecule has 16 heavy (non-hydrogen) atoms. The van der Waals surface area contributed by atoms with Gasteiger partial charge in [-0.3, -0.25) is 5.32 Å². The maximum Gasteiger partial charge on any atom is 0.323 e. The largest absolute Gasteiger partial charge is 0.408 e. The molecule has 0 spiro atoms. The number of urea groups is 1. The van der Waals surface area contributed by atoms with Crippen LogP contribution in [-0.2, 0) is 0 Å². The number of aryl methyl sites for hydroxylation is 1. The molecule has 2 N–H and O–H groups in total. The van der Waals surface area contributed by atoms with E-state index in [2.05, 4.69) is 20.8 Å². The first-order valence-corrected chi connectivity index (χ1v) is 5.61. The fourth-order valence-electron chi connectivity index (χ4n) is 1.91. The Morgan fingerprint density at radius 1 is 1.31 bits per heavy atom. The Bertz CT molecular complexity index is 357. The molecule has 1 aliphatic carbocycles. The second-order valence-electron chi connectivity index (χ2n) is 4.06. The Labute approximate surface area is 93.8 Å². The van der Waals surface area contributed by atoms with Crippen molar-refractivity contribution in [1.82, 2.24) is 15.5 Å². The molecular weight excluding hydrogens is 208 g/mol. The number of rotatable bonds is 2. The minimum atomic E-state index is -0.268. The van der Waals surface area contributed by atoms with E-state index in [-0.39, 0.29) is 18.1 Å². The van der Waals surface area contributed by atoms with Gasteiger partial charge >= 0.3 is 12.0 Å². The molecule has 6 nitrogen and oxygen atoms in total. The number of nitrogens with one attached hydrogen (secondary N) is 2. The van der Waals surface area contributed by atoms with E-state index >= 15 is 0 Å². The molecule has 1 aromatic rings. The summed E-state index contributed by atoms with van der Waals surface area (Å²) in [7, 11) is 0. The van der Waals surface area contributed by atoms with Crippen molar-refractivity contribution in [3.8, 4) is 0 Å². The van der Waals surface area contributed by atoms with Gasteiger partial charge in [0, 0.05) is 13.0 Å². The zero-order valence-corrected chi connectivity index (χ0v) is 9.32. The SMILES string of the molecule is Cc1nnc(NC(=O)NC2CCCCC2)o1. The summed E-state index contributed by atoms with van der Waals surface area (Å²) in [6.07, 6.45) is 5.74. The van der Waals surface area contributed by atoms with E-state index in [0.29, 0.717) is 5.89 Å². The summed E-state index contributed by atoms with van der Waals surface area (Å²) in [4.78, 5) is 11.5. The van der Waals surface area contributed by atoms with E-state index in [1.165, 1.54) is 19.3 Å². The Morgan fingerprint density at radius 3 is 2.69 bits per heavy atom. The second-order valence-corrected chi connectivity index (χ2v) is 4.06. The lowest BCUT2D eigenvalue weighted by atomic mass is 9.96. The van der Waals surface area contributed by atoms with Crippen molar-refractivity contribution in [2.24, 2.45) is 0 Å². The second kappa shape index (κ2) is 4.96. The van der Waals surface area contributed by atoms with Gasteiger partial charge in [-0.25, -0.2) is 4.79 Å². The fraction of sp³-hybridized carbons (Fsp3) is 0.700. The van der Waals surface area contributed by atoms with E-state index in [1.54, 1.807) is 6.92 Å². The molecule has 1 heterocycles. The molecule has 2 rings (SSSR count). The minimum absolute atomic E-state index is 0.144. The third-order valence-corrected chi connectivity index (χ3v) is 2.69. The Balaban J connectivity index is 1.79. The number of aromatic nitrogens is 2. The van der Waals surface area contributed by atoms with Crippen LogP contribution in [0, 0.1) is 6.92 Å². The van der Waals surface area contributed by atoms with E-state index in [1.807, 2.05) is 0 Å². The highest BCUT2D eigenvalue weighted by Gasteiger charge is 2.16. The highest BCUT2D eigenvalue weighted by molar-refractivity contribution is 5.87. The molecule has 6 heteroatoms. The first-order valence-electron chi connectivity index (χ1n) is 5.61. The number of carbonyl (C=O) groups is 1. The van der Waals surface area contributed by atoms with Crippen LogP contribution in [0.15, 0.2) is 4.42 Å². The number of anilines is 1. The maximum absolute atomic E-state index is 11.5. The topological polar surface area (TPSA) is 80.0 Å². The number of hydrogen-bond donors (Lipinski definition) is 2. The average molecular weight is 224 g/mol. The molecule has 1 aromatic heterocycles. The van der Waals surface area contributed by atoms with E-state index in [4.69, 9.17) is 4.42 Å². The van der Waals surface area contributed by atoms with Gasteiger partial charge < -0.3 is 9.73 Å². The van der Waals surface area contributed by atoms with Crippen molar-refractivity contribution in [2.45, 2.75) is 45.1 Å². The predicted molar refractivity (Wildman–Crippen MR) is 58.1 cm³/mol. The van der Waals surface area contributed by atoms with Crippen molar-refractivity contribution in [1.29, 1.82) is 0 Å². The summed E-state index contributed by atoms with van der Waals surface area (Å²) in [6, 6.07) is 0.152. The summed E-state index contributed by atoms with van der Waals surface area (Å²) in [5.41, 5.74) is 0. The minimum Gasteiger partial charge on any atom is -0.408 e. The highest BCUT2D eigenvalue weighted by Crippen LogP contribution is 2.17. The van der Waals surface area contributed by atoms with Crippen molar-refractivity contribution in [2.75, 3.05) is 5.32 Å². The Morgan fingerprint density at radius 2 is 2.06 bits per heavy atom. The zero-order valence-electron chi connectivity index (χ0n) is 9.32. The number of nitrogens with zero attached hydrogens (tertiary/aromatic N) is 2. The lowest BCUT2D eigenvalue weighted by molar-refractivity contribution is 0.243. The monoisotopic (exact) mass is 224 g/mol. The summed E-state index contributed by atoms with van der Waals surface area (Å²) in [6.45, 7) is 1.68. The molecule has 0 atom stereocenters. The van der Waals surface area contributed by atoms with Gasteiger partial charge in [0.2, 0.25) is 5.89 Å². The first kappa shape index (κ1) is 10.9. The van der Waals surface area contributed by atoms with Gasteiger partial charge in [-0.1, -0.05) is 24.4 Å². The Hall–Kier alpha value is -1.59. The quantitative estimate of drug-likeness (QED) is 0.803. The molecular formula is C10H16N4O2. The lowest BCUT2D eigenvalue weighted by Gasteiger charge is -2.22. The molecule has 0 unspecified atom stereocenters. The number of hydrogen-bond acceptors (Lipinski definition) is 4. The van der Waals surface area contributed by atoms with Gasteiger partial charge in [0.25, 0.3) is 0 Å². The van der Waals surface area contributed by atoms with Gasteiger partial charge in [0.15, 0.2) is 0 Å². The molecule has 2 amide bonds. The fourth-order valence-corrected chi connectivity index (χ4v) is 1.91. The normalized spacial score (nSPS) is 17.1. The predicted octanol–water partition coefficient (Wildman–Crippen LogP) is 1.83. The van der Waals surface area contributed by atoms with Crippen LogP contribution in [0.25, 0.3) is 0 Å². The molecule has 0 aromatic carbocycles. The molecule has 1 saturated carbocycles. The molecule has 88 valence electrons. The van der Waals surface area contributed by atoms with Crippen LogP contribution in [-0.4, -0.2) is 22.3 Å². The van der Waals surface area contributed by atoms with Crippen LogP contribution in [0.5, 0.6) is 0 Å². The first-order chi connectivity index (χ1) is 7.74. The van der Waals surface area contributed by atoms with E-state index < -0.39 is 0 Å². The van der Waals surface area contributed by atoms with Gasteiger partial charge in [-0.2, -0.15) is 0 Å². The third kappa shape index (κ3) is 2.95. The van der Waals surface area contributed by atoms with Gasteiger partial charge in [0.1, 0.15) is 0 Å². The zero-order chi connectivity index (χ0) is 11.4. The molecule has 1 aliphatic rings. The molecule has 0 saturated heterocycles. The van der Waals surface area contributed by atoms with Crippen LogP contribution in [0.1, 0.15) is 38.0 Å². The lowest BCUT2D eigenvalue weighted by Crippen LogP contribution is -2.39. The van der Waals surface area contributed by atoms with Crippen LogP contribution in [0.2, 0.25) is 0 Å². The maximum atomic E-state index is 11.5. The summed E-state index contributed by atoms with van der Waals surface area (Å²) >= 11 is 0. The summed E-state index contributed by atoms with van der Waals surface area (Å²) in [5.74, 6) is 0.438. The van der Waals surface area contributed by atoms with E-state index in [0.717, 1.165) is 12.8 Å². The number of carbonyl (C=O) groups excluding carboxylic acids is 1. The third-order valence-electron chi connectivity index (χ3n) is 2.69. The van der Waals surface area contributed by atoms with Gasteiger partial charge in [0.05, 0.1) is 0 Å². The molecule has 1 fully saturated rings. The van der Waals surface area contributed by atoms with Crippen LogP contribution in [0.4, 0.5) is 10.8 Å². The molecule has 0 radical (unpaired) electrons. The van der Waals surface area contributed by atoms with Crippen molar-refractivity contribution >= 4 is 12.0 Å². The average Bonchev–Trinajstić information content (AvgIpc) is 2.65. The van der Waals surface area contributed by atoms with Crippen molar-refractivity contribution in [3.63, 3.8) is 0 Å². The van der Waals surface area contributed by atoms with Crippen LogP contribution >= 0.6 is 0 Å². The van der Waals surface area contributed by atoms with Crippen molar-refractivity contribution in [3.05, 3.63) is 5.89 Å². The molecule has 0 aliphatic heterocycles. The van der Waals surface area contributed by atoms with Crippen LogP contribution in [0.3, 0.4) is 0 Å². The van der Waals surface area contributed by atoms with Crippen molar-refractivity contribution < 1.29 is 9.21 Å². The Kier molecular flexibility index (Phi) is 3.38. The van der Waals surface area contributed by atoms with E-state index in [9.17, 15) is 4.79 Å². The highest BCUT2D eigenvalue weighted by atomic mass is 16.4. The van der Waals surface area contributed by atoms with Gasteiger partial charge in [-0.15, -0.1) is 5.10 Å². The number of amides is 2. The van der Waals surface area contributed by atoms with Crippen LogP contribution < -0.4 is 10.6 Å². The summed E-state index contributed by atoms with van der Waals surface area (Å²) in [5, 5.41) is 12.7.